The Morgan fingerprint density at radius 1 is 1.53 bits per heavy atom. The van der Waals surface area contributed by atoms with Crippen LogP contribution in [0.1, 0.15) is 18.1 Å². The molecule has 1 aromatic carbocycles. The van der Waals surface area contributed by atoms with E-state index >= 15 is 0 Å². The molecule has 0 aliphatic carbocycles. The summed E-state index contributed by atoms with van der Waals surface area (Å²) in [5.41, 5.74) is -1.29. The topological polar surface area (TPSA) is 57.5 Å². The highest BCUT2D eigenvalue weighted by molar-refractivity contribution is 5.77. The number of aliphatic hydroxyl groups is 1. The zero-order chi connectivity index (χ0) is 11.6. The van der Waals surface area contributed by atoms with Crippen LogP contribution in [0.5, 0.6) is 0 Å². The van der Waals surface area contributed by atoms with E-state index in [4.69, 9.17) is 5.11 Å². The molecular weight excluding hydrogens is 199 g/mol. The van der Waals surface area contributed by atoms with Crippen molar-refractivity contribution in [2.75, 3.05) is 0 Å². The van der Waals surface area contributed by atoms with Gasteiger partial charge in [-0.2, -0.15) is 0 Å². The quantitative estimate of drug-likeness (QED) is 0.798. The van der Waals surface area contributed by atoms with E-state index < -0.39 is 17.4 Å². The molecule has 0 fully saturated rings. The summed E-state index contributed by atoms with van der Waals surface area (Å²) in [5, 5.41) is 18.2. The summed E-state index contributed by atoms with van der Waals surface area (Å²) < 4.78 is 13.5. The Labute approximate surface area is 87.2 Å². The number of rotatable bonds is 3. The first-order valence-corrected chi connectivity index (χ1v) is 4.54. The number of hydrogen-bond donors (Lipinski definition) is 2. The fourth-order valence-electron chi connectivity index (χ4n) is 1.29. The number of halogens is 1. The van der Waals surface area contributed by atoms with Crippen molar-refractivity contribution in [2.45, 2.75) is 25.9 Å². The van der Waals surface area contributed by atoms with Gasteiger partial charge in [-0.15, -0.1) is 0 Å². The molecule has 0 bridgehead atoms. The molecule has 4 heteroatoms. The molecule has 1 rings (SSSR count). The largest absolute Gasteiger partial charge is 0.479 e. The molecule has 0 amide bonds. The number of carboxylic acid groups (broad SMARTS) is 1. The lowest BCUT2D eigenvalue weighted by molar-refractivity contribution is -0.156. The van der Waals surface area contributed by atoms with E-state index in [1.165, 1.54) is 6.07 Å². The molecule has 1 unspecified atom stereocenters. The van der Waals surface area contributed by atoms with Crippen molar-refractivity contribution in [1.29, 1.82) is 0 Å². The number of aryl methyl sites for hydroxylation is 1. The predicted molar refractivity (Wildman–Crippen MR) is 53.1 cm³/mol. The van der Waals surface area contributed by atoms with Gasteiger partial charge in [-0.25, -0.2) is 9.18 Å². The standard InChI is InChI=1S/C11H13FO3/c1-7-4-3-5-8(9(7)12)6-11(2,15)10(13)14/h3-5,15H,6H2,1-2H3,(H,13,14). The summed E-state index contributed by atoms with van der Waals surface area (Å²) in [6.07, 6.45) is -0.240. The zero-order valence-electron chi connectivity index (χ0n) is 8.62. The zero-order valence-corrected chi connectivity index (χ0v) is 8.62. The molecule has 0 spiro atoms. The van der Waals surface area contributed by atoms with Gasteiger partial charge in [-0.1, -0.05) is 18.2 Å². The van der Waals surface area contributed by atoms with Crippen molar-refractivity contribution in [3.8, 4) is 0 Å². The van der Waals surface area contributed by atoms with Crippen molar-refractivity contribution in [1.82, 2.24) is 0 Å². The average Bonchev–Trinajstić information content (AvgIpc) is 2.12. The number of carboxylic acids is 1. The van der Waals surface area contributed by atoms with Crippen molar-refractivity contribution in [2.24, 2.45) is 0 Å². The highest BCUT2D eigenvalue weighted by Crippen LogP contribution is 2.18. The Hall–Kier alpha value is -1.42. The lowest BCUT2D eigenvalue weighted by Gasteiger charge is -2.18. The SMILES string of the molecule is Cc1cccc(CC(C)(O)C(=O)O)c1F. The summed E-state index contributed by atoms with van der Waals surface area (Å²) in [6.45, 7) is 2.74. The van der Waals surface area contributed by atoms with E-state index in [1.54, 1.807) is 19.1 Å². The second-order valence-corrected chi connectivity index (χ2v) is 3.80. The van der Waals surface area contributed by atoms with Gasteiger partial charge >= 0.3 is 5.97 Å². The molecule has 3 nitrogen and oxygen atoms in total. The van der Waals surface area contributed by atoms with Gasteiger partial charge in [-0.3, -0.25) is 0 Å². The monoisotopic (exact) mass is 212 g/mol. The first kappa shape index (κ1) is 11.7. The second kappa shape index (κ2) is 3.98. The van der Waals surface area contributed by atoms with Crippen LogP contribution in [0.4, 0.5) is 4.39 Å². The van der Waals surface area contributed by atoms with Gasteiger partial charge in [0.25, 0.3) is 0 Å². The van der Waals surface area contributed by atoms with Crippen LogP contribution in [0.3, 0.4) is 0 Å². The lowest BCUT2D eigenvalue weighted by Crippen LogP contribution is -2.37. The van der Waals surface area contributed by atoms with E-state index in [0.717, 1.165) is 6.92 Å². The maximum atomic E-state index is 13.5. The number of carbonyl (C=O) groups is 1. The molecule has 2 N–H and O–H groups in total. The smallest absolute Gasteiger partial charge is 0.335 e. The minimum Gasteiger partial charge on any atom is -0.479 e. The van der Waals surface area contributed by atoms with Crippen molar-refractivity contribution >= 4 is 5.97 Å². The predicted octanol–water partition coefficient (Wildman–Crippen LogP) is 1.51. The molecule has 0 aliphatic heterocycles. The highest BCUT2D eigenvalue weighted by atomic mass is 19.1. The van der Waals surface area contributed by atoms with Gasteiger partial charge in [0.2, 0.25) is 0 Å². The van der Waals surface area contributed by atoms with Gasteiger partial charge in [0.15, 0.2) is 5.60 Å². The Balaban J connectivity index is 3.00. The number of hydrogen-bond acceptors (Lipinski definition) is 2. The molecule has 0 saturated heterocycles. The fraction of sp³-hybridized carbons (Fsp3) is 0.364. The molecule has 0 heterocycles. The highest BCUT2D eigenvalue weighted by Gasteiger charge is 2.31. The molecule has 0 aliphatic rings. The van der Waals surface area contributed by atoms with Crippen molar-refractivity contribution in [3.63, 3.8) is 0 Å². The van der Waals surface area contributed by atoms with E-state index in [0.29, 0.717) is 5.56 Å². The molecule has 1 atom stereocenters. The minimum absolute atomic E-state index is 0.211. The minimum atomic E-state index is -1.94. The van der Waals surface area contributed by atoms with Gasteiger partial charge < -0.3 is 10.2 Å². The van der Waals surface area contributed by atoms with E-state index in [9.17, 15) is 14.3 Å². The van der Waals surface area contributed by atoms with Crippen molar-refractivity contribution in [3.05, 3.63) is 35.1 Å². The van der Waals surface area contributed by atoms with Crippen LogP contribution in [0.2, 0.25) is 0 Å². The van der Waals surface area contributed by atoms with Crippen LogP contribution in [-0.2, 0) is 11.2 Å². The lowest BCUT2D eigenvalue weighted by atomic mass is 9.95. The van der Waals surface area contributed by atoms with Gasteiger partial charge in [-0.05, 0) is 25.0 Å². The molecule has 0 saturated carbocycles. The third-order valence-corrected chi connectivity index (χ3v) is 2.27. The molecule has 0 radical (unpaired) electrons. The van der Waals surface area contributed by atoms with Crippen LogP contribution in [0, 0.1) is 12.7 Å². The van der Waals surface area contributed by atoms with Crippen LogP contribution in [0.25, 0.3) is 0 Å². The van der Waals surface area contributed by atoms with Gasteiger partial charge in [0, 0.05) is 6.42 Å². The molecule has 15 heavy (non-hydrogen) atoms. The number of aliphatic carboxylic acids is 1. The van der Waals surface area contributed by atoms with Crippen LogP contribution >= 0.6 is 0 Å². The van der Waals surface area contributed by atoms with Crippen LogP contribution in [-0.4, -0.2) is 21.8 Å². The maximum Gasteiger partial charge on any atom is 0.335 e. The van der Waals surface area contributed by atoms with Crippen LogP contribution < -0.4 is 0 Å². The average molecular weight is 212 g/mol. The molecule has 1 aromatic rings. The first-order valence-electron chi connectivity index (χ1n) is 4.54. The summed E-state index contributed by atoms with van der Waals surface area (Å²) in [7, 11) is 0. The summed E-state index contributed by atoms with van der Waals surface area (Å²) >= 11 is 0. The normalized spacial score (nSPS) is 14.7. The van der Waals surface area contributed by atoms with E-state index in [2.05, 4.69) is 0 Å². The molecular formula is C11H13FO3. The summed E-state index contributed by atoms with van der Waals surface area (Å²) in [6, 6.07) is 4.69. The summed E-state index contributed by atoms with van der Waals surface area (Å²) in [4.78, 5) is 10.6. The summed E-state index contributed by atoms with van der Waals surface area (Å²) in [5.74, 6) is -1.82. The van der Waals surface area contributed by atoms with Gasteiger partial charge in [0.05, 0.1) is 0 Å². The fourth-order valence-corrected chi connectivity index (χ4v) is 1.29. The Kier molecular flexibility index (Phi) is 3.09. The van der Waals surface area contributed by atoms with Gasteiger partial charge in [0.1, 0.15) is 5.82 Å². The van der Waals surface area contributed by atoms with E-state index in [1.807, 2.05) is 0 Å². The second-order valence-electron chi connectivity index (χ2n) is 3.80. The Morgan fingerprint density at radius 2 is 2.13 bits per heavy atom. The third-order valence-electron chi connectivity index (χ3n) is 2.27. The maximum absolute atomic E-state index is 13.5. The number of benzene rings is 1. The van der Waals surface area contributed by atoms with E-state index in [-0.39, 0.29) is 12.0 Å². The van der Waals surface area contributed by atoms with Crippen LogP contribution in [0.15, 0.2) is 18.2 Å². The Morgan fingerprint density at radius 3 is 2.67 bits per heavy atom. The molecule has 82 valence electrons. The third kappa shape index (κ3) is 2.53. The molecule has 0 aromatic heterocycles. The Bertz CT molecular complexity index is 385. The first-order chi connectivity index (χ1) is 6.84. The van der Waals surface area contributed by atoms with Crippen molar-refractivity contribution < 1.29 is 19.4 Å².